The normalized spacial score (nSPS) is 10.0. The molecule has 3 heteroatoms. The minimum atomic E-state index is 0.0920. The molecule has 1 aromatic rings. The highest BCUT2D eigenvalue weighted by Gasteiger charge is 2.05. The maximum atomic E-state index is 11.4. The summed E-state index contributed by atoms with van der Waals surface area (Å²) < 4.78 is 0. The lowest BCUT2D eigenvalue weighted by Crippen LogP contribution is -2.02. The standard InChI is InChI=1S/C10H14N2O/c1-3-4-5-10(13)9-7-11-8(2)6-12-9/h6-7H,3-5H2,1-2H3. The van der Waals surface area contributed by atoms with Gasteiger partial charge in [-0.3, -0.25) is 9.78 Å². The van der Waals surface area contributed by atoms with Gasteiger partial charge in [0, 0.05) is 12.6 Å². The summed E-state index contributed by atoms with van der Waals surface area (Å²) >= 11 is 0. The molecule has 0 aliphatic rings. The van der Waals surface area contributed by atoms with Gasteiger partial charge in [0.2, 0.25) is 0 Å². The van der Waals surface area contributed by atoms with Crippen molar-refractivity contribution in [2.75, 3.05) is 0 Å². The van der Waals surface area contributed by atoms with E-state index in [0.29, 0.717) is 12.1 Å². The third-order valence-corrected chi connectivity index (χ3v) is 1.82. The molecule has 0 unspecified atom stereocenters. The Labute approximate surface area is 78.2 Å². The zero-order chi connectivity index (χ0) is 9.68. The zero-order valence-corrected chi connectivity index (χ0v) is 8.08. The Hall–Kier alpha value is -1.25. The van der Waals surface area contributed by atoms with Crippen molar-refractivity contribution in [1.82, 2.24) is 9.97 Å². The summed E-state index contributed by atoms with van der Waals surface area (Å²) in [6.45, 7) is 3.92. The van der Waals surface area contributed by atoms with Crippen LogP contribution in [0.3, 0.4) is 0 Å². The van der Waals surface area contributed by atoms with Gasteiger partial charge in [0.05, 0.1) is 11.9 Å². The van der Waals surface area contributed by atoms with Gasteiger partial charge in [0.1, 0.15) is 5.69 Å². The van der Waals surface area contributed by atoms with Crippen LogP contribution in [0, 0.1) is 6.92 Å². The molecule has 0 aliphatic heterocycles. The maximum Gasteiger partial charge on any atom is 0.182 e. The number of ketones is 1. The van der Waals surface area contributed by atoms with Gasteiger partial charge in [-0.25, -0.2) is 4.98 Å². The molecule has 0 saturated carbocycles. The molecule has 0 saturated heterocycles. The van der Waals surface area contributed by atoms with Gasteiger partial charge < -0.3 is 0 Å². The number of nitrogens with zero attached hydrogens (tertiary/aromatic N) is 2. The molecule has 0 radical (unpaired) electrons. The molecule has 0 atom stereocenters. The number of carbonyl (C=O) groups is 1. The van der Waals surface area contributed by atoms with Crippen molar-refractivity contribution in [3.63, 3.8) is 0 Å². The third kappa shape index (κ3) is 2.93. The number of carbonyl (C=O) groups excluding carboxylic acids is 1. The molecule has 3 nitrogen and oxygen atoms in total. The van der Waals surface area contributed by atoms with Crippen LogP contribution in [0.5, 0.6) is 0 Å². The van der Waals surface area contributed by atoms with Crippen molar-refractivity contribution < 1.29 is 4.79 Å². The lowest BCUT2D eigenvalue weighted by atomic mass is 10.1. The van der Waals surface area contributed by atoms with E-state index in [-0.39, 0.29) is 5.78 Å². The fourth-order valence-corrected chi connectivity index (χ4v) is 1.00. The van der Waals surface area contributed by atoms with Crippen molar-refractivity contribution in [3.8, 4) is 0 Å². The molecule has 0 aliphatic carbocycles. The van der Waals surface area contributed by atoms with E-state index >= 15 is 0 Å². The second-order valence-electron chi connectivity index (χ2n) is 3.07. The highest BCUT2D eigenvalue weighted by atomic mass is 16.1. The fraction of sp³-hybridized carbons (Fsp3) is 0.500. The summed E-state index contributed by atoms with van der Waals surface area (Å²) in [6.07, 6.45) is 5.71. The first-order chi connectivity index (χ1) is 6.24. The average molecular weight is 178 g/mol. The number of aromatic nitrogens is 2. The number of hydrogen-bond donors (Lipinski definition) is 0. The van der Waals surface area contributed by atoms with Crippen molar-refractivity contribution in [2.45, 2.75) is 33.1 Å². The Kier molecular flexibility index (Phi) is 3.55. The van der Waals surface area contributed by atoms with Crippen LogP contribution in [0.2, 0.25) is 0 Å². The average Bonchev–Trinajstić information content (AvgIpc) is 2.15. The van der Waals surface area contributed by atoms with Gasteiger partial charge in [-0.1, -0.05) is 13.3 Å². The van der Waals surface area contributed by atoms with Crippen molar-refractivity contribution in [2.24, 2.45) is 0 Å². The first-order valence-electron chi connectivity index (χ1n) is 4.56. The summed E-state index contributed by atoms with van der Waals surface area (Å²) in [6, 6.07) is 0. The molecule has 0 spiro atoms. The molecule has 0 N–H and O–H groups in total. The molecular weight excluding hydrogens is 164 g/mol. The van der Waals surface area contributed by atoms with Crippen LogP contribution in [0.15, 0.2) is 12.4 Å². The second kappa shape index (κ2) is 4.70. The molecule has 0 amide bonds. The summed E-state index contributed by atoms with van der Waals surface area (Å²) in [4.78, 5) is 19.5. The van der Waals surface area contributed by atoms with Gasteiger partial charge in [-0.15, -0.1) is 0 Å². The van der Waals surface area contributed by atoms with E-state index in [9.17, 15) is 4.79 Å². The lowest BCUT2D eigenvalue weighted by Gasteiger charge is -1.98. The molecule has 1 rings (SSSR count). The quantitative estimate of drug-likeness (QED) is 0.663. The number of hydrogen-bond acceptors (Lipinski definition) is 3. The monoisotopic (exact) mass is 178 g/mol. The van der Waals surface area contributed by atoms with Crippen molar-refractivity contribution in [3.05, 3.63) is 23.8 Å². The fourth-order valence-electron chi connectivity index (χ4n) is 1.00. The molecular formula is C10H14N2O. The smallest absolute Gasteiger partial charge is 0.182 e. The summed E-state index contributed by atoms with van der Waals surface area (Å²) in [5.74, 6) is 0.0920. The molecule has 0 bridgehead atoms. The number of rotatable bonds is 4. The molecule has 0 aromatic carbocycles. The third-order valence-electron chi connectivity index (χ3n) is 1.82. The van der Waals surface area contributed by atoms with E-state index in [4.69, 9.17) is 0 Å². The van der Waals surface area contributed by atoms with Gasteiger partial charge in [0.15, 0.2) is 5.78 Å². The highest BCUT2D eigenvalue weighted by Crippen LogP contribution is 2.03. The van der Waals surface area contributed by atoms with Crippen LogP contribution in [-0.4, -0.2) is 15.8 Å². The summed E-state index contributed by atoms with van der Waals surface area (Å²) in [5, 5.41) is 0. The van der Waals surface area contributed by atoms with E-state index in [1.807, 2.05) is 6.92 Å². The van der Waals surface area contributed by atoms with Gasteiger partial charge >= 0.3 is 0 Å². The number of aryl methyl sites for hydroxylation is 1. The number of unbranched alkanes of at least 4 members (excludes halogenated alkanes) is 1. The predicted octanol–water partition coefficient (Wildman–Crippen LogP) is 2.16. The zero-order valence-electron chi connectivity index (χ0n) is 8.08. The van der Waals surface area contributed by atoms with Crippen LogP contribution in [-0.2, 0) is 0 Å². The van der Waals surface area contributed by atoms with Crippen LogP contribution < -0.4 is 0 Å². The Balaban J connectivity index is 2.61. The van der Waals surface area contributed by atoms with E-state index in [1.54, 1.807) is 12.4 Å². The molecule has 13 heavy (non-hydrogen) atoms. The molecule has 70 valence electrons. The summed E-state index contributed by atoms with van der Waals surface area (Å²) in [5.41, 5.74) is 1.33. The van der Waals surface area contributed by atoms with Gasteiger partial charge in [-0.2, -0.15) is 0 Å². The molecule has 1 aromatic heterocycles. The minimum absolute atomic E-state index is 0.0920. The van der Waals surface area contributed by atoms with Gasteiger partial charge in [-0.05, 0) is 13.3 Å². The first kappa shape index (κ1) is 9.84. The van der Waals surface area contributed by atoms with E-state index in [2.05, 4.69) is 16.9 Å². The van der Waals surface area contributed by atoms with Crippen LogP contribution in [0.4, 0.5) is 0 Å². The van der Waals surface area contributed by atoms with E-state index in [1.165, 1.54) is 0 Å². The van der Waals surface area contributed by atoms with Crippen LogP contribution >= 0.6 is 0 Å². The van der Waals surface area contributed by atoms with Crippen LogP contribution in [0.1, 0.15) is 42.4 Å². The number of Topliss-reactive ketones (excluding diaryl/α,β-unsaturated/α-hetero) is 1. The Bertz CT molecular complexity index is 279. The maximum absolute atomic E-state index is 11.4. The Morgan fingerprint density at radius 2 is 2.15 bits per heavy atom. The van der Waals surface area contributed by atoms with E-state index in [0.717, 1.165) is 18.5 Å². The molecule has 1 heterocycles. The first-order valence-corrected chi connectivity index (χ1v) is 4.56. The lowest BCUT2D eigenvalue weighted by molar-refractivity contribution is 0.0974. The van der Waals surface area contributed by atoms with Crippen LogP contribution in [0.25, 0.3) is 0 Å². The highest BCUT2D eigenvalue weighted by molar-refractivity contribution is 5.93. The summed E-state index contributed by atoms with van der Waals surface area (Å²) in [7, 11) is 0. The van der Waals surface area contributed by atoms with Crippen molar-refractivity contribution in [1.29, 1.82) is 0 Å². The largest absolute Gasteiger partial charge is 0.292 e. The van der Waals surface area contributed by atoms with E-state index < -0.39 is 0 Å². The topological polar surface area (TPSA) is 42.9 Å². The SMILES string of the molecule is CCCCC(=O)c1cnc(C)cn1. The predicted molar refractivity (Wildman–Crippen MR) is 50.6 cm³/mol. The molecule has 0 fully saturated rings. The second-order valence-corrected chi connectivity index (χ2v) is 3.07. The Morgan fingerprint density at radius 1 is 1.38 bits per heavy atom. The van der Waals surface area contributed by atoms with Crippen molar-refractivity contribution >= 4 is 5.78 Å². The Morgan fingerprint density at radius 3 is 2.69 bits per heavy atom. The minimum Gasteiger partial charge on any atom is -0.292 e. The van der Waals surface area contributed by atoms with Gasteiger partial charge in [0.25, 0.3) is 0 Å².